The van der Waals surface area contributed by atoms with E-state index in [1.54, 1.807) is 6.08 Å². The topological polar surface area (TPSA) is 108 Å². The molecule has 1 amide bonds. The van der Waals surface area contributed by atoms with Crippen molar-refractivity contribution in [1.82, 2.24) is 5.32 Å². The third-order valence-corrected chi connectivity index (χ3v) is 10.2. The van der Waals surface area contributed by atoms with Crippen molar-refractivity contribution in [3.8, 4) is 0 Å². The van der Waals surface area contributed by atoms with Gasteiger partial charge in [-0.25, -0.2) is 0 Å². The predicted octanol–water partition coefficient (Wildman–Crippen LogP) is 11.1. The minimum Gasteiger partial charge on any atom is -0.756 e. The van der Waals surface area contributed by atoms with E-state index < -0.39 is 26.6 Å². The third kappa shape index (κ3) is 38.5. The number of amides is 1. The van der Waals surface area contributed by atoms with Gasteiger partial charge >= 0.3 is 0 Å². The highest BCUT2D eigenvalue weighted by Gasteiger charge is 2.23. The number of quaternary nitrogens is 1. The molecule has 0 saturated heterocycles. The smallest absolute Gasteiger partial charge is 0.268 e. The predicted molar refractivity (Wildman–Crippen MR) is 224 cm³/mol. The lowest BCUT2D eigenvalue weighted by Gasteiger charge is -2.29. The second-order valence-corrected chi connectivity index (χ2v) is 17.1. The summed E-state index contributed by atoms with van der Waals surface area (Å²) >= 11 is 0. The average Bonchev–Trinajstić information content (AvgIpc) is 3.10. The highest BCUT2D eigenvalue weighted by atomic mass is 31.2. The first-order valence-corrected chi connectivity index (χ1v) is 23.0. The molecule has 0 aromatic heterocycles. The first kappa shape index (κ1) is 51.5. The summed E-state index contributed by atoms with van der Waals surface area (Å²) in [4.78, 5) is 25.2. The lowest BCUT2D eigenvalue weighted by Crippen LogP contribution is -2.45. The number of hydrogen-bond acceptors (Lipinski definition) is 6. The van der Waals surface area contributed by atoms with Gasteiger partial charge < -0.3 is 28.8 Å². The van der Waals surface area contributed by atoms with Gasteiger partial charge in [0.05, 0.1) is 39.9 Å². The maximum atomic E-state index is 12.8. The number of carbonyl (C=O) groups is 1. The number of aliphatic hydroxyl groups is 1. The number of nitrogens with zero attached hydrogens (tertiary/aromatic N) is 1. The van der Waals surface area contributed by atoms with Crippen LogP contribution in [-0.4, -0.2) is 68.5 Å². The van der Waals surface area contributed by atoms with E-state index in [2.05, 4.69) is 55.6 Å². The molecule has 0 fully saturated rings. The minimum absolute atomic E-state index is 0.00841. The van der Waals surface area contributed by atoms with Gasteiger partial charge in [-0.05, 0) is 57.8 Å². The van der Waals surface area contributed by atoms with Crippen molar-refractivity contribution in [2.45, 2.75) is 187 Å². The van der Waals surface area contributed by atoms with Gasteiger partial charge in [0.15, 0.2) is 0 Å². The number of rotatable bonds is 38. The van der Waals surface area contributed by atoms with Crippen LogP contribution >= 0.6 is 7.82 Å². The maximum absolute atomic E-state index is 12.8. The van der Waals surface area contributed by atoms with E-state index in [0.29, 0.717) is 17.4 Å². The fourth-order valence-electron chi connectivity index (χ4n) is 5.77. The number of phosphoric ester groups is 1. The first-order valence-electron chi connectivity index (χ1n) is 21.5. The first-order chi connectivity index (χ1) is 25.5. The van der Waals surface area contributed by atoms with Gasteiger partial charge in [-0.2, -0.15) is 0 Å². The van der Waals surface area contributed by atoms with E-state index in [0.717, 1.165) is 44.9 Å². The fourth-order valence-corrected chi connectivity index (χ4v) is 6.49. The standard InChI is InChI=1S/C44H83N2O6P/c1-6-8-10-12-14-16-17-18-19-20-21-22-23-24-25-26-27-28-29-30-32-34-36-38-44(48)45-42(41-52-53(49,50)51-40-39-46(3,4)5)43(47)37-35-33-31-15-13-11-9-7-2/h13,15,17-18,20-21,35,37,42-43,47H,6-12,14,16,19,22-34,36,38-41H2,1-5H3,(H-,45,48,49,50)/b15-13+,18-17-,21-20-,37-35+. The number of hydrogen-bond donors (Lipinski definition) is 2. The molecule has 3 unspecified atom stereocenters. The van der Waals surface area contributed by atoms with Gasteiger partial charge in [-0.15, -0.1) is 0 Å². The highest BCUT2D eigenvalue weighted by Crippen LogP contribution is 2.38. The van der Waals surface area contributed by atoms with Crippen LogP contribution in [0.1, 0.15) is 174 Å². The Morgan fingerprint density at radius 2 is 1.13 bits per heavy atom. The van der Waals surface area contributed by atoms with E-state index in [1.807, 2.05) is 27.2 Å². The molecule has 0 aliphatic heterocycles. The molecular weight excluding hydrogens is 683 g/mol. The number of unbranched alkanes of at least 4 members (excludes halogenated alkanes) is 19. The van der Waals surface area contributed by atoms with Crippen LogP contribution in [0.5, 0.6) is 0 Å². The number of carbonyl (C=O) groups excluding carboxylic acids is 1. The highest BCUT2D eigenvalue weighted by molar-refractivity contribution is 7.45. The third-order valence-electron chi connectivity index (χ3n) is 9.26. The summed E-state index contributed by atoms with van der Waals surface area (Å²) in [6.45, 7) is 4.52. The molecular formula is C44H83N2O6P. The zero-order valence-electron chi connectivity index (χ0n) is 35.0. The molecule has 0 saturated carbocycles. The molecule has 53 heavy (non-hydrogen) atoms. The normalized spacial score (nSPS) is 14.9. The van der Waals surface area contributed by atoms with Crippen molar-refractivity contribution in [2.24, 2.45) is 0 Å². The Kier molecular flexibility index (Phi) is 35.1. The molecule has 9 heteroatoms. The molecule has 0 bridgehead atoms. The van der Waals surface area contributed by atoms with E-state index in [9.17, 15) is 19.4 Å². The lowest BCUT2D eigenvalue weighted by molar-refractivity contribution is -0.870. The van der Waals surface area contributed by atoms with Gasteiger partial charge in [0.25, 0.3) is 7.82 Å². The van der Waals surface area contributed by atoms with Crippen LogP contribution in [0.3, 0.4) is 0 Å². The Balaban J connectivity index is 4.22. The number of phosphoric acid groups is 1. The Morgan fingerprint density at radius 1 is 0.660 bits per heavy atom. The SMILES string of the molecule is CCCC/C=C/CC/C=C/C(O)C(COP(=O)([O-])OCC[N+](C)(C)C)NC(=O)CCCCCCCCCCCCC/C=C\C/C=C\CCCCCCC. The van der Waals surface area contributed by atoms with Crippen molar-refractivity contribution < 1.29 is 32.9 Å². The summed E-state index contributed by atoms with van der Waals surface area (Å²) in [7, 11) is 1.23. The van der Waals surface area contributed by atoms with E-state index in [4.69, 9.17) is 9.05 Å². The molecule has 0 aromatic carbocycles. The number of nitrogens with one attached hydrogen (secondary N) is 1. The summed E-state index contributed by atoms with van der Waals surface area (Å²) in [6, 6.07) is -0.901. The molecule has 0 aliphatic rings. The Labute approximate surface area is 327 Å². The zero-order chi connectivity index (χ0) is 39.3. The number of allylic oxidation sites excluding steroid dienone is 7. The van der Waals surface area contributed by atoms with Crippen LogP contribution in [0, 0.1) is 0 Å². The summed E-state index contributed by atoms with van der Waals surface area (Å²) in [6.07, 6.45) is 44.7. The Hall–Kier alpha value is -1.54. The van der Waals surface area contributed by atoms with Crippen molar-refractivity contribution in [3.05, 3.63) is 48.6 Å². The van der Waals surface area contributed by atoms with Gasteiger partial charge in [0.1, 0.15) is 13.2 Å². The zero-order valence-corrected chi connectivity index (χ0v) is 35.8. The quantitative estimate of drug-likeness (QED) is 0.0280. The van der Waals surface area contributed by atoms with Crippen LogP contribution < -0.4 is 10.2 Å². The van der Waals surface area contributed by atoms with E-state index in [-0.39, 0.29) is 12.5 Å². The van der Waals surface area contributed by atoms with Gasteiger partial charge in [0.2, 0.25) is 5.91 Å². The minimum atomic E-state index is -4.59. The summed E-state index contributed by atoms with van der Waals surface area (Å²) in [5.74, 6) is -0.215. The van der Waals surface area contributed by atoms with E-state index in [1.165, 1.54) is 109 Å². The molecule has 0 heterocycles. The van der Waals surface area contributed by atoms with Crippen molar-refractivity contribution >= 4 is 13.7 Å². The molecule has 0 spiro atoms. The van der Waals surface area contributed by atoms with Crippen LogP contribution in [-0.2, 0) is 18.4 Å². The second-order valence-electron chi connectivity index (χ2n) is 15.7. The van der Waals surface area contributed by atoms with Gasteiger partial charge in [0, 0.05) is 6.42 Å². The number of likely N-dealkylation sites (N-methyl/N-ethyl adjacent to an activating group) is 1. The maximum Gasteiger partial charge on any atom is 0.268 e. The van der Waals surface area contributed by atoms with Gasteiger partial charge in [-0.1, -0.05) is 159 Å². The summed E-state index contributed by atoms with van der Waals surface area (Å²) < 4.78 is 23.0. The van der Waals surface area contributed by atoms with Crippen LogP contribution in [0.2, 0.25) is 0 Å². The van der Waals surface area contributed by atoms with Crippen molar-refractivity contribution in [2.75, 3.05) is 40.9 Å². The molecule has 310 valence electrons. The summed E-state index contributed by atoms with van der Waals surface area (Å²) in [5.41, 5.74) is 0. The summed E-state index contributed by atoms with van der Waals surface area (Å²) in [5, 5.41) is 13.6. The molecule has 2 N–H and O–H groups in total. The van der Waals surface area contributed by atoms with Crippen LogP contribution in [0.15, 0.2) is 48.6 Å². The molecule has 0 radical (unpaired) electrons. The monoisotopic (exact) mass is 767 g/mol. The van der Waals surface area contributed by atoms with Crippen LogP contribution in [0.4, 0.5) is 0 Å². The molecule has 0 aromatic rings. The molecule has 0 aliphatic carbocycles. The fraction of sp³-hybridized carbons (Fsp3) is 0.795. The van der Waals surface area contributed by atoms with E-state index >= 15 is 0 Å². The second kappa shape index (κ2) is 36.1. The molecule has 0 rings (SSSR count). The Morgan fingerprint density at radius 3 is 1.70 bits per heavy atom. The average molecular weight is 767 g/mol. The van der Waals surface area contributed by atoms with Crippen molar-refractivity contribution in [3.63, 3.8) is 0 Å². The number of aliphatic hydroxyl groups excluding tert-OH is 1. The molecule has 3 atom stereocenters. The lowest BCUT2D eigenvalue weighted by atomic mass is 10.0. The largest absolute Gasteiger partial charge is 0.756 e. The van der Waals surface area contributed by atoms with Gasteiger partial charge in [-0.3, -0.25) is 9.36 Å². The van der Waals surface area contributed by atoms with Crippen molar-refractivity contribution in [1.29, 1.82) is 0 Å². The Bertz CT molecular complexity index is 1010. The van der Waals surface area contributed by atoms with Crippen LogP contribution in [0.25, 0.3) is 0 Å². The molecule has 8 nitrogen and oxygen atoms in total.